The van der Waals surface area contributed by atoms with Gasteiger partial charge in [0.15, 0.2) is 0 Å². The van der Waals surface area contributed by atoms with Crippen LogP contribution in [-0.2, 0) is 6.42 Å². The van der Waals surface area contributed by atoms with Crippen molar-refractivity contribution in [1.82, 2.24) is 0 Å². The number of hydrogen-bond acceptors (Lipinski definition) is 0. The van der Waals surface area contributed by atoms with Gasteiger partial charge >= 0.3 is 0 Å². The number of alkyl halides is 1. The number of hydrogen-bond donors (Lipinski definition) is 0. The summed E-state index contributed by atoms with van der Waals surface area (Å²) in [6.07, 6.45) is 9.12. The fraction of sp³-hybridized carbons (Fsp3) is 0.600. The lowest BCUT2D eigenvalue weighted by molar-refractivity contribution is 0.337. The molecule has 0 amide bonds. The molecule has 1 fully saturated rings. The van der Waals surface area contributed by atoms with E-state index in [2.05, 4.69) is 30.3 Å². The highest BCUT2D eigenvalue weighted by molar-refractivity contribution is 6.20. The lowest BCUT2D eigenvalue weighted by atomic mass is 9.85. The normalized spacial score (nSPS) is 25.6. The number of aryl methyl sites for hydroxylation is 1. The Balaban J connectivity index is 1.68. The van der Waals surface area contributed by atoms with Crippen molar-refractivity contribution in [3.8, 4) is 0 Å². The Hall–Kier alpha value is -0.490. The highest BCUT2D eigenvalue weighted by Gasteiger charge is 2.19. The predicted octanol–water partition coefficient (Wildman–Crippen LogP) is 4.81. The molecule has 1 saturated carbocycles. The minimum Gasteiger partial charge on any atom is -0.123 e. The Morgan fingerprint density at radius 3 is 2.69 bits per heavy atom. The van der Waals surface area contributed by atoms with Gasteiger partial charge < -0.3 is 0 Å². The maximum absolute atomic E-state index is 6.21. The molecule has 1 aliphatic carbocycles. The molecule has 2 atom stereocenters. The van der Waals surface area contributed by atoms with E-state index in [1.807, 2.05) is 0 Å². The summed E-state index contributed by atoms with van der Waals surface area (Å²) >= 11 is 6.21. The van der Waals surface area contributed by atoms with Crippen LogP contribution in [0.15, 0.2) is 30.3 Å². The van der Waals surface area contributed by atoms with E-state index in [9.17, 15) is 0 Å². The van der Waals surface area contributed by atoms with Crippen molar-refractivity contribution in [2.45, 2.75) is 50.3 Å². The first-order valence-electron chi connectivity index (χ1n) is 6.52. The molecule has 2 rings (SSSR count). The van der Waals surface area contributed by atoms with Gasteiger partial charge in [-0.15, -0.1) is 11.6 Å². The first-order chi connectivity index (χ1) is 7.84. The van der Waals surface area contributed by atoms with Crippen LogP contribution in [0.25, 0.3) is 0 Å². The molecule has 0 N–H and O–H groups in total. The molecule has 0 aromatic heterocycles. The van der Waals surface area contributed by atoms with Gasteiger partial charge in [-0.3, -0.25) is 0 Å². The van der Waals surface area contributed by atoms with E-state index in [-0.39, 0.29) is 0 Å². The summed E-state index contributed by atoms with van der Waals surface area (Å²) in [4.78, 5) is 0. The van der Waals surface area contributed by atoms with Crippen molar-refractivity contribution in [3.63, 3.8) is 0 Å². The molecule has 0 spiro atoms. The molecule has 2 unspecified atom stereocenters. The fourth-order valence-electron chi connectivity index (χ4n) is 2.73. The zero-order valence-electron chi connectivity index (χ0n) is 9.87. The number of benzene rings is 1. The van der Waals surface area contributed by atoms with Crippen molar-refractivity contribution in [1.29, 1.82) is 0 Å². The summed E-state index contributed by atoms with van der Waals surface area (Å²) in [5, 5.41) is 0.454. The summed E-state index contributed by atoms with van der Waals surface area (Å²) in [5.74, 6) is 0.889. The second kappa shape index (κ2) is 6.30. The maximum Gasteiger partial charge on any atom is 0.0338 e. The van der Waals surface area contributed by atoms with Crippen LogP contribution in [0, 0.1) is 5.92 Å². The molecule has 1 aromatic rings. The van der Waals surface area contributed by atoms with E-state index >= 15 is 0 Å². The van der Waals surface area contributed by atoms with Gasteiger partial charge in [0.1, 0.15) is 0 Å². The summed E-state index contributed by atoms with van der Waals surface area (Å²) in [7, 11) is 0. The molecular weight excluding hydrogens is 216 g/mol. The highest BCUT2D eigenvalue weighted by Crippen LogP contribution is 2.31. The van der Waals surface area contributed by atoms with Gasteiger partial charge in [-0.2, -0.15) is 0 Å². The summed E-state index contributed by atoms with van der Waals surface area (Å²) in [5.41, 5.74) is 1.47. The van der Waals surface area contributed by atoms with Gasteiger partial charge in [-0.1, -0.05) is 49.6 Å². The van der Waals surface area contributed by atoms with Crippen LogP contribution in [-0.4, -0.2) is 5.38 Å². The Bertz CT molecular complexity index is 294. The summed E-state index contributed by atoms with van der Waals surface area (Å²) in [6.45, 7) is 0. The maximum atomic E-state index is 6.21. The molecule has 0 bridgehead atoms. The summed E-state index contributed by atoms with van der Waals surface area (Å²) in [6, 6.07) is 10.8. The fourth-order valence-corrected chi connectivity index (χ4v) is 3.13. The van der Waals surface area contributed by atoms with Crippen LogP contribution in [0.5, 0.6) is 0 Å². The van der Waals surface area contributed by atoms with Gasteiger partial charge in [0.25, 0.3) is 0 Å². The zero-order valence-corrected chi connectivity index (χ0v) is 10.6. The van der Waals surface area contributed by atoms with Crippen LogP contribution < -0.4 is 0 Å². The minimum absolute atomic E-state index is 0.454. The van der Waals surface area contributed by atoms with Crippen molar-refractivity contribution >= 4 is 11.6 Å². The van der Waals surface area contributed by atoms with Crippen molar-refractivity contribution < 1.29 is 0 Å². The van der Waals surface area contributed by atoms with Gasteiger partial charge in [0, 0.05) is 5.38 Å². The van der Waals surface area contributed by atoms with Crippen molar-refractivity contribution in [3.05, 3.63) is 35.9 Å². The van der Waals surface area contributed by atoms with Crippen molar-refractivity contribution in [2.75, 3.05) is 0 Å². The molecular formula is C15H21Cl. The Labute approximate surface area is 104 Å². The van der Waals surface area contributed by atoms with Crippen molar-refractivity contribution in [2.24, 2.45) is 5.92 Å². The first-order valence-corrected chi connectivity index (χ1v) is 6.96. The van der Waals surface area contributed by atoms with E-state index in [1.54, 1.807) is 0 Å². The molecule has 0 nitrogen and oxygen atoms in total. The van der Waals surface area contributed by atoms with Crippen LogP contribution in [0.4, 0.5) is 0 Å². The van der Waals surface area contributed by atoms with E-state index in [1.165, 1.54) is 50.5 Å². The quantitative estimate of drug-likeness (QED) is 0.659. The third kappa shape index (κ3) is 3.83. The Morgan fingerprint density at radius 1 is 1.12 bits per heavy atom. The monoisotopic (exact) mass is 236 g/mol. The lowest BCUT2D eigenvalue weighted by Crippen LogP contribution is -2.15. The molecule has 1 aromatic carbocycles. The van der Waals surface area contributed by atoms with Crippen LogP contribution in [0.3, 0.4) is 0 Å². The van der Waals surface area contributed by atoms with Gasteiger partial charge in [0.2, 0.25) is 0 Å². The van der Waals surface area contributed by atoms with E-state index in [4.69, 9.17) is 11.6 Å². The molecule has 16 heavy (non-hydrogen) atoms. The second-order valence-electron chi connectivity index (χ2n) is 5.01. The Kier molecular flexibility index (Phi) is 4.71. The largest absolute Gasteiger partial charge is 0.123 e. The lowest BCUT2D eigenvalue weighted by Gasteiger charge is -2.25. The predicted molar refractivity (Wildman–Crippen MR) is 71.0 cm³/mol. The van der Waals surface area contributed by atoms with Gasteiger partial charge in [-0.05, 0) is 37.2 Å². The number of rotatable bonds is 4. The Morgan fingerprint density at radius 2 is 1.94 bits per heavy atom. The minimum atomic E-state index is 0.454. The molecule has 0 heterocycles. The molecule has 0 radical (unpaired) electrons. The second-order valence-corrected chi connectivity index (χ2v) is 5.62. The average Bonchev–Trinajstić information content (AvgIpc) is 2.30. The van der Waals surface area contributed by atoms with E-state index < -0.39 is 0 Å². The smallest absolute Gasteiger partial charge is 0.0338 e. The van der Waals surface area contributed by atoms with Gasteiger partial charge in [-0.25, -0.2) is 0 Å². The highest BCUT2D eigenvalue weighted by atomic mass is 35.5. The van der Waals surface area contributed by atoms with Crippen LogP contribution in [0.2, 0.25) is 0 Å². The standard InChI is InChI=1S/C15H21Cl/c16-15-11-5-10-14(12-15)9-4-8-13-6-2-1-3-7-13/h1-3,6-7,14-15H,4-5,8-12H2. The third-order valence-corrected chi connectivity index (χ3v) is 4.04. The van der Waals surface area contributed by atoms with E-state index in [0.717, 1.165) is 5.92 Å². The molecule has 1 heteroatoms. The van der Waals surface area contributed by atoms with Crippen LogP contribution in [0.1, 0.15) is 44.1 Å². The van der Waals surface area contributed by atoms with Gasteiger partial charge in [0.05, 0.1) is 0 Å². The SMILES string of the molecule is ClC1CCCC(CCCc2ccccc2)C1. The third-order valence-electron chi connectivity index (χ3n) is 3.64. The average molecular weight is 237 g/mol. The molecule has 1 aliphatic rings. The van der Waals surface area contributed by atoms with Crippen LogP contribution >= 0.6 is 11.6 Å². The molecule has 0 aliphatic heterocycles. The molecule has 88 valence electrons. The zero-order chi connectivity index (χ0) is 11.2. The molecule has 0 saturated heterocycles. The number of halogens is 1. The summed E-state index contributed by atoms with van der Waals surface area (Å²) < 4.78 is 0. The topological polar surface area (TPSA) is 0 Å². The first kappa shape index (κ1) is 12.0. The van der Waals surface area contributed by atoms with E-state index in [0.29, 0.717) is 5.38 Å².